The minimum absolute atomic E-state index is 0.101. The van der Waals surface area contributed by atoms with Crippen LogP contribution in [0, 0.1) is 5.82 Å². The molecule has 1 amide bonds. The number of halogens is 2. The van der Waals surface area contributed by atoms with E-state index < -0.39 is 5.82 Å². The van der Waals surface area contributed by atoms with Gasteiger partial charge in [-0.05, 0) is 35.9 Å². The molecule has 0 spiro atoms. The monoisotopic (exact) mass is 464 g/mol. The van der Waals surface area contributed by atoms with Gasteiger partial charge in [0.25, 0.3) is 0 Å². The van der Waals surface area contributed by atoms with Gasteiger partial charge in [-0.25, -0.2) is 4.39 Å². The van der Waals surface area contributed by atoms with E-state index in [2.05, 4.69) is 31.4 Å². The molecule has 0 aliphatic carbocycles. The Hall–Kier alpha value is -2.39. The minimum atomic E-state index is -0.492. The zero-order valence-electron chi connectivity index (χ0n) is 15.3. The molecule has 0 aliphatic heterocycles. The van der Waals surface area contributed by atoms with E-state index in [-0.39, 0.29) is 17.3 Å². The fraction of sp³-hybridized carbons (Fsp3) is 0.211. The van der Waals surface area contributed by atoms with Crippen molar-refractivity contribution in [2.24, 2.45) is 7.05 Å². The van der Waals surface area contributed by atoms with Gasteiger partial charge in [-0.15, -0.1) is 10.2 Å². The van der Waals surface area contributed by atoms with Crippen molar-refractivity contribution in [1.29, 1.82) is 0 Å². The fourth-order valence-electron chi connectivity index (χ4n) is 2.46. The van der Waals surface area contributed by atoms with Crippen LogP contribution in [-0.2, 0) is 18.3 Å². The molecule has 0 atom stereocenters. The van der Waals surface area contributed by atoms with E-state index in [9.17, 15) is 9.18 Å². The molecular weight excluding hydrogens is 447 g/mol. The maximum absolute atomic E-state index is 13.8. The lowest BCUT2D eigenvalue weighted by molar-refractivity contribution is -0.113. The number of benzene rings is 2. The molecule has 0 radical (unpaired) electrons. The van der Waals surface area contributed by atoms with Crippen LogP contribution in [0.5, 0.6) is 5.75 Å². The van der Waals surface area contributed by atoms with Crippen molar-refractivity contribution >= 4 is 39.3 Å². The predicted molar refractivity (Wildman–Crippen MR) is 110 cm³/mol. The lowest BCUT2D eigenvalue weighted by Crippen LogP contribution is -2.15. The maximum Gasteiger partial charge on any atom is 0.234 e. The number of nitrogens with zero attached hydrogens (tertiary/aromatic N) is 3. The van der Waals surface area contributed by atoms with Crippen molar-refractivity contribution in [3.05, 3.63) is 64.1 Å². The summed E-state index contributed by atoms with van der Waals surface area (Å²) in [7, 11) is 3.48. The molecule has 1 N–H and O–H groups in total. The van der Waals surface area contributed by atoms with Crippen molar-refractivity contribution in [3.63, 3.8) is 0 Å². The van der Waals surface area contributed by atoms with Crippen LogP contribution in [-0.4, -0.2) is 33.5 Å². The highest BCUT2D eigenvalue weighted by Gasteiger charge is 2.13. The molecule has 3 rings (SSSR count). The third kappa shape index (κ3) is 5.11. The van der Waals surface area contributed by atoms with Crippen LogP contribution in [0.15, 0.2) is 52.1 Å². The molecule has 9 heteroatoms. The summed E-state index contributed by atoms with van der Waals surface area (Å²) in [6, 6.07) is 12.2. The number of nitrogens with one attached hydrogen (secondary N) is 1. The standard InChI is InChI=1S/C19H18BrFN4O2S/c1-25-17(9-12-3-6-14(27-2)7-4-12)23-24-19(25)28-11-18(26)22-16-8-5-13(20)10-15(16)21/h3-8,10H,9,11H2,1-2H3,(H,22,26). The van der Waals surface area contributed by atoms with E-state index >= 15 is 0 Å². The third-order valence-corrected chi connectivity index (χ3v) is 5.50. The topological polar surface area (TPSA) is 69.0 Å². The van der Waals surface area contributed by atoms with Crippen LogP contribution >= 0.6 is 27.7 Å². The van der Waals surface area contributed by atoms with E-state index in [0.717, 1.165) is 17.1 Å². The second-order valence-corrected chi connectivity index (χ2v) is 7.80. The van der Waals surface area contributed by atoms with Gasteiger partial charge in [0.05, 0.1) is 18.6 Å². The molecule has 0 aliphatic rings. The molecule has 0 saturated carbocycles. The first-order chi connectivity index (χ1) is 13.5. The van der Waals surface area contributed by atoms with Crippen LogP contribution in [0.25, 0.3) is 0 Å². The van der Waals surface area contributed by atoms with Crippen molar-refractivity contribution in [1.82, 2.24) is 14.8 Å². The van der Waals surface area contributed by atoms with Crippen LogP contribution in [0.1, 0.15) is 11.4 Å². The average Bonchev–Trinajstić information content (AvgIpc) is 3.02. The smallest absolute Gasteiger partial charge is 0.234 e. The molecule has 0 bridgehead atoms. The zero-order valence-corrected chi connectivity index (χ0v) is 17.7. The van der Waals surface area contributed by atoms with E-state index in [0.29, 0.717) is 16.0 Å². The average molecular weight is 465 g/mol. The van der Waals surface area contributed by atoms with E-state index in [1.54, 1.807) is 13.2 Å². The molecule has 3 aromatic rings. The largest absolute Gasteiger partial charge is 0.497 e. The van der Waals surface area contributed by atoms with Crippen LogP contribution < -0.4 is 10.1 Å². The summed E-state index contributed by atoms with van der Waals surface area (Å²) in [6.45, 7) is 0. The van der Waals surface area contributed by atoms with Crippen molar-refractivity contribution in [2.45, 2.75) is 11.6 Å². The molecule has 2 aromatic carbocycles. The quantitative estimate of drug-likeness (QED) is 0.534. The van der Waals surface area contributed by atoms with E-state index in [1.165, 1.54) is 23.9 Å². The summed E-state index contributed by atoms with van der Waals surface area (Å²) in [4.78, 5) is 12.1. The first-order valence-corrected chi connectivity index (χ1v) is 10.1. The number of hydrogen-bond acceptors (Lipinski definition) is 5. The van der Waals surface area contributed by atoms with Crippen LogP contribution in [0.4, 0.5) is 10.1 Å². The molecule has 0 saturated heterocycles. The number of hydrogen-bond donors (Lipinski definition) is 1. The summed E-state index contributed by atoms with van der Waals surface area (Å²) in [5.41, 5.74) is 1.23. The summed E-state index contributed by atoms with van der Waals surface area (Å²) < 4.78 is 21.4. The minimum Gasteiger partial charge on any atom is -0.497 e. The number of anilines is 1. The zero-order chi connectivity index (χ0) is 20.1. The molecule has 1 aromatic heterocycles. The summed E-state index contributed by atoms with van der Waals surface area (Å²) in [5.74, 6) is 0.876. The summed E-state index contributed by atoms with van der Waals surface area (Å²) >= 11 is 4.43. The fourth-order valence-corrected chi connectivity index (χ4v) is 3.52. The number of aromatic nitrogens is 3. The number of carbonyl (C=O) groups excluding carboxylic acids is 1. The highest BCUT2D eigenvalue weighted by Crippen LogP contribution is 2.21. The van der Waals surface area contributed by atoms with Gasteiger partial charge in [-0.3, -0.25) is 4.79 Å². The highest BCUT2D eigenvalue weighted by atomic mass is 79.9. The lowest BCUT2D eigenvalue weighted by atomic mass is 10.1. The Kier molecular flexibility index (Phi) is 6.69. The van der Waals surface area contributed by atoms with Gasteiger partial charge in [0.1, 0.15) is 17.4 Å². The number of amides is 1. The van der Waals surface area contributed by atoms with Gasteiger partial charge >= 0.3 is 0 Å². The molecule has 146 valence electrons. The summed E-state index contributed by atoms with van der Waals surface area (Å²) in [6.07, 6.45) is 0.615. The van der Waals surface area contributed by atoms with E-state index in [1.807, 2.05) is 35.9 Å². The predicted octanol–water partition coefficient (Wildman–Crippen LogP) is 4.05. The van der Waals surface area contributed by atoms with Gasteiger partial charge in [-0.1, -0.05) is 39.8 Å². The van der Waals surface area contributed by atoms with Gasteiger partial charge in [-0.2, -0.15) is 0 Å². The Morgan fingerprint density at radius 2 is 2.00 bits per heavy atom. The SMILES string of the molecule is COc1ccc(Cc2nnc(SCC(=O)Nc3ccc(Br)cc3F)n2C)cc1. The number of rotatable bonds is 7. The third-order valence-electron chi connectivity index (χ3n) is 3.98. The second-order valence-electron chi connectivity index (χ2n) is 5.94. The molecule has 6 nitrogen and oxygen atoms in total. The summed E-state index contributed by atoms with van der Waals surface area (Å²) in [5, 5.41) is 11.5. The van der Waals surface area contributed by atoms with Crippen LogP contribution in [0.2, 0.25) is 0 Å². The molecule has 1 heterocycles. The van der Waals surface area contributed by atoms with Crippen LogP contribution in [0.3, 0.4) is 0 Å². The number of carbonyl (C=O) groups is 1. The Morgan fingerprint density at radius 3 is 2.68 bits per heavy atom. The number of methoxy groups -OCH3 is 1. The molecule has 0 fully saturated rings. The normalized spacial score (nSPS) is 10.7. The van der Waals surface area contributed by atoms with E-state index in [4.69, 9.17) is 4.74 Å². The Labute approximate surface area is 174 Å². The van der Waals surface area contributed by atoms with Crippen molar-refractivity contribution in [2.75, 3.05) is 18.2 Å². The molecular formula is C19H18BrFN4O2S. The van der Waals surface area contributed by atoms with Crippen molar-refractivity contribution in [3.8, 4) is 5.75 Å². The second kappa shape index (κ2) is 9.20. The first-order valence-electron chi connectivity index (χ1n) is 8.35. The Morgan fingerprint density at radius 1 is 1.25 bits per heavy atom. The van der Waals surface area contributed by atoms with Gasteiger partial charge < -0.3 is 14.6 Å². The Balaban J connectivity index is 1.58. The molecule has 28 heavy (non-hydrogen) atoms. The van der Waals surface area contributed by atoms with Gasteiger partial charge in [0, 0.05) is 17.9 Å². The number of ether oxygens (including phenoxy) is 1. The number of thioether (sulfide) groups is 1. The Bertz CT molecular complexity index is 979. The maximum atomic E-state index is 13.8. The van der Waals surface area contributed by atoms with Gasteiger partial charge in [0.2, 0.25) is 5.91 Å². The molecule has 0 unspecified atom stereocenters. The highest BCUT2D eigenvalue weighted by molar-refractivity contribution is 9.10. The first kappa shape index (κ1) is 20.3. The lowest BCUT2D eigenvalue weighted by Gasteiger charge is -2.07. The van der Waals surface area contributed by atoms with Gasteiger partial charge in [0.15, 0.2) is 5.16 Å². The van der Waals surface area contributed by atoms with Crippen molar-refractivity contribution < 1.29 is 13.9 Å².